The summed E-state index contributed by atoms with van der Waals surface area (Å²) < 4.78 is 5.29. The molecule has 0 radical (unpaired) electrons. The van der Waals surface area contributed by atoms with Crippen LogP contribution in [0.2, 0.25) is 0 Å². The number of anilines is 1. The molecule has 1 atom stereocenters. The summed E-state index contributed by atoms with van der Waals surface area (Å²) in [6.07, 6.45) is 0. The average Bonchev–Trinajstić information content (AvgIpc) is 3.42. The molecule has 12 heteroatoms. The number of aliphatic hydroxyl groups excluding tert-OH is 1. The SMILES string of the molecule is Cc1nnc(N2C(=O)C(O)=C(C(=O)c3sc(C)nc3C)C2c2ccc(OCC(N)=O)cc2)s1. The van der Waals surface area contributed by atoms with E-state index in [4.69, 9.17) is 10.5 Å². The molecule has 4 rings (SSSR count). The van der Waals surface area contributed by atoms with Crippen LogP contribution in [0, 0.1) is 20.8 Å². The van der Waals surface area contributed by atoms with Gasteiger partial charge in [-0.15, -0.1) is 21.5 Å². The van der Waals surface area contributed by atoms with Crippen molar-refractivity contribution in [2.45, 2.75) is 26.8 Å². The standard InChI is InChI=1S/C21H19N5O5S2/c1-9-19(32-10(2)23-9)17(28)15-16(12-4-6-13(7-5-12)31-8-14(22)27)26(20(30)18(15)29)21-25-24-11(3)33-21/h4-7,16,29H,8H2,1-3H3,(H2,22,27). The van der Waals surface area contributed by atoms with Gasteiger partial charge in [0.15, 0.2) is 12.4 Å². The Morgan fingerprint density at radius 2 is 1.82 bits per heavy atom. The van der Waals surface area contributed by atoms with Gasteiger partial charge in [-0.1, -0.05) is 23.5 Å². The zero-order valence-corrected chi connectivity index (χ0v) is 19.5. The highest BCUT2D eigenvalue weighted by Crippen LogP contribution is 2.43. The van der Waals surface area contributed by atoms with Crippen molar-refractivity contribution >= 4 is 45.4 Å². The fourth-order valence-electron chi connectivity index (χ4n) is 3.50. The molecule has 2 amide bonds. The zero-order chi connectivity index (χ0) is 23.9. The van der Waals surface area contributed by atoms with Crippen LogP contribution in [0.1, 0.15) is 37.0 Å². The van der Waals surface area contributed by atoms with Gasteiger partial charge in [-0.05, 0) is 38.5 Å². The molecule has 0 saturated heterocycles. The van der Waals surface area contributed by atoms with Gasteiger partial charge >= 0.3 is 0 Å². The van der Waals surface area contributed by atoms with E-state index in [0.717, 1.165) is 0 Å². The van der Waals surface area contributed by atoms with Gasteiger partial charge in [0.25, 0.3) is 11.8 Å². The molecule has 1 aromatic carbocycles. The number of rotatable bonds is 7. The van der Waals surface area contributed by atoms with E-state index in [9.17, 15) is 19.5 Å². The van der Waals surface area contributed by atoms with Gasteiger partial charge in [-0.2, -0.15) is 0 Å². The molecular weight excluding hydrogens is 466 g/mol. The molecule has 1 aliphatic rings. The fraction of sp³-hybridized carbons (Fsp3) is 0.238. The highest BCUT2D eigenvalue weighted by molar-refractivity contribution is 7.15. The second-order valence-corrected chi connectivity index (χ2v) is 9.61. The summed E-state index contributed by atoms with van der Waals surface area (Å²) in [7, 11) is 0. The van der Waals surface area contributed by atoms with Crippen molar-refractivity contribution in [2.75, 3.05) is 11.5 Å². The summed E-state index contributed by atoms with van der Waals surface area (Å²) in [5.74, 6) is -2.10. The Morgan fingerprint density at radius 1 is 1.12 bits per heavy atom. The summed E-state index contributed by atoms with van der Waals surface area (Å²) in [6.45, 7) is 4.94. The largest absolute Gasteiger partial charge is 0.503 e. The average molecular weight is 486 g/mol. The first kappa shape index (κ1) is 22.6. The second-order valence-electron chi connectivity index (χ2n) is 7.24. The normalized spacial score (nSPS) is 15.9. The first-order chi connectivity index (χ1) is 15.7. The number of hydrogen-bond donors (Lipinski definition) is 2. The van der Waals surface area contributed by atoms with Gasteiger partial charge in [0.1, 0.15) is 10.8 Å². The molecule has 170 valence electrons. The van der Waals surface area contributed by atoms with Crippen LogP contribution in [0.15, 0.2) is 35.6 Å². The minimum absolute atomic E-state index is 0.0644. The van der Waals surface area contributed by atoms with Gasteiger partial charge in [-0.3, -0.25) is 19.3 Å². The molecule has 0 saturated carbocycles. The van der Waals surface area contributed by atoms with Gasteiger partial charge in [0, 0.05) is 0 Å². The Balaban J connectivity index is 1.80. The van der Waals surface area contributed by atoms with E-state index >= 15 is 0 Å². The molecule has 3 N–H and O–H groups in total. The quantitative estimate of drug-likeness (QED) is 0.485. The molecule has 0 spiro atoms. The summed E-state index contributed by atoms with van der Waals surface area (Å²) in [5.41, 5.74) is 6.10. The molecule has 3 aromatic rings. The van der Waals surface area contributed by atoms with Crippen molar-refractivity contribution in [1.29, 1.82) is 0 Å². The first-order valence-corrected chi connectivity index (χ1v) is 11.4. The third kappa shape index (κ3) is 4.22. The zero-order valence-electron chi connectivity index (χ0n) is 17.9. The molecule has 1 unspecified atom stereocenters. The maximum atomic E-state index is 13.5. The summed E-state index contributed by atoms with van der Waals surface area (Å²) in [4.78, 5) is 43.5. The van der Waals surface area contributed by atoms with Crippen LogP contribution in [0.3, 0.4) is 0 Å². The molecule has 1 aliphatic heterocycles. The second kappa shape index (κ2) is 8.71. The van der Waals surface area contributed by atoms with E-state index in [2.05, 4.69) is 15.2 Å². The fourth-order valence-corrected chi connectivity index (χ4v) is 5.09. The smallest absolute Gasteiger partial charge is 0.296 e. The monoisotopic (exact) mass is 485 g/mol. The van der Waals surface area contributed by atoms with Gasteiger partial charge in [0.2, 0.25) is 10.9 Å². The van der Waals surface area contributed by atoms with E-state index in [1.165, 1.54) is 27.6 Å². The van der Waals surface area contributed by atoms with E-state index < -0.39 is 29.4 Å². The number of aromatic nitrogens is 3. The number of carbonyl (C=O) groups is 3. The van der Waals surface area contributed by atoms with Crippen molar-refractivity contribution in [3.05, 3.63) is 61.7 Å². The predicted octanol–water partition coefficient (Wildman–Crippen LogP) is 2.57. The Labute approximate surface area is 196 Å². The third-order valence-corrected chi connectivity index (χ3v) is 6.77. The molecule has 0 bridgehead atoms. The maximum absolute atomic E-state index is 13.5. The summed E-state index contributed by atoms with van der Waals surface area (Å²) in [5, 5.41) is 20.4. The number of nitrogens with zero attached hydrogens (tertiary/aromatic N) is 4. The van der Waals surface area contributed by atoms with Crippen LogP contribution in [-0.2, 0) is 9.59 Å². The maximum Gasteiger partial charge on any atom is 0.296 e. The number of primary amides is 1. The molecule has 10 nitrogen and oxygen atoms in total. The number of carbonyl (C=O) groups excluding carboxylic acids is 3. The van der Waals surface area contributed by atoms with Crippen molar-refractivity contribution < 1.29 is 24.2 Å². The highest BCUT2D eigenvalue weighted by atomic mass is 32.1. The Bertz CT molecular complexity index is 1290. The van der Waals surface area contributed by atoms with E-state index in [0.29, 0.717) is 31.9 Å². The molecular formula is C21H19N5O5S2. The Hall–Kier alpha value is -3.64. The topological polar surface area (TPSA) is 149 Å². The van der Waals surface area contributed by atoms with E-state index in [1.54, 1.807) is 45.0 Å². The first-order valence-electron chi connectivity index (χ1n) is 9.74. The third-order valence-electron chi connectivity index (χ3n) is 4.86. The van der Waals surface area contributed by atoms with Crippen molar-refractivity contribution in [2.24, 2.45) is 5.73 Å². The van der Waals surface area contributed by atoms with E-state index in [-0.39, 0.29) is 17.3 Å². The molecule has 2 aromatic heterocycles. The van der Waals surface area contributed by atoms with Crippen molar-refractivity contribution in [1.82, 2.24) is 15.2 Å². The van der Waals surface area contributed by atoms with Crippen LogP contribution >= 0.6 is 22.7 Å². The minimum atomic E-state index is -0.940. The van der Waals surface area contributed by atoms with Crippen LogP contribution in [0.4, 0.5) is 5.13 Å². The lowest BCUT2D eigenvalue weighted by Crippen LogP contribution is -2.31. The van der Waals surface area contributed by atoms with Crippen LogP contribution in [0.25, 0.3) is 0 Å². The highest BCUT2D eigenvalue weighted by Gasteiger charge is 2.46. The van der Waals surface area contributed by atoms with Crippen LogP contribution < -0.4 is 15.4 Å². The predicted molar refractivity (Wildman–Crippen MR) is 122 cm³/mol. The van der Waals surface area contributed by atoms with Crippen molar-refractivity contribution in [3.63, 3.8) is 0 Å². The van der Waals surface area contributed by atoms with E-state index in [1.807, 2.05) is 0 Å². The lowest BCUT2D eigenvalue weighted by atomic mass is 9.95. The number of benzene rings is 1. The number of ether oxygens (including phenoxy) is 1. The Kier molecular flexibility index (Phi) is 5.95. The Morgan fingerprint density at radius 3 is 2.36 bits per heavy atom. The number of aliphatic hydroxyl groups is 1. The lowest BCUT2D eigenvalue weighted by Gasteiger charge is -2.24. The number of thiazole rings is 1. The van der Waals surface area contributed by atoms with Crippen LogP contribution in [-0.4, -0.2) is 44.5 Å². The molecule has 3 heterocycles. The lowest BCUT2D eigenvalue weighted by molar-refractivity contribution is -0.120. The van der Waals surface area contributed by atoms with Gasteiger partial charge in [-0.25, -0.2) is 4.98 Å². The molecule has 33 heavy (non-hydrogen) atoms. The number of amides is 2. The number of nitrogens with two attached hydrogens (primary N) is 1. The summed E-state index contributed by atoms with van der Waals surface area (Å²) >= 11 is 2.37. The molecule has 0 fully saturated rings. The summed E-state index contributed by atoms with van der Waals surface area (Å²) in [6, 6.07) is 5.53. The number of aryl methyl sites for hydroxylation is 3. The number of ketones is 1. The number of Topliss-reactive ketones (excluding diaryl/α,β-unsaturated/α-hetero) is 1. The van der Waals surface area contributed by atoms with Crippen molar-refractivity contribution in [3.8, 4) is 5.75 Å². The number of hydrogen-bond acceptors (Lipinski definition) is 10. The minimum Gasteiger partial charge on any atom is -0.503 e. The van der Waals surface area contributed by atoms with Crippen LogP contribution in [0.5, 0.6) is 5.75 Å². The van der Waals surface area contributed by atoms with Gasteiger partial charge in [0.05, 0.1) is 27.2 Å². The van der Waals surface area contributed by atoms with Gasteiger partial charge < -0.3 is 15.6 Å². The molecule has 0 aliphatic carbocycles.